The van der Waals surface area contributed by atoms with Crippen LogP contribution in [0, 0.1) is 13.8 Å². The number of likely N-dealkylation sites (tertiary alicyclic amines) is 1. The van der Waals surface area contributed by atoms with Crippen LogP contribution in [0.25, 0.3) is 11.0 Å². The number of nitrogens with zero attached hydrogens (tertiary/aromatic N) is 1. The average Bonchev–Trinajstić information content (AvgIpc) is 2.77. The third kappa shape index (κ3) is 4.68. The van der Waals surface area contributed by atoms with Gasteiger partial charge in [-0.05, 0) is 74.7 Å². The van der Waals surface area contributed by atoms with Crippen molar-refractivity contribution in [3.63, 3.8) is 0 Å². The summed E-state index contributed by atoms with van der Waals surface area (Å²) in [4.78, 5) is 27.8. The number of aryl methyl sites for hydroxylation is 2. The third-order valence-corrected chi connectivity index (χ3v) is 6.46. The van der Waals surface area contributed by atoms with Crippen molar-refractivity contribution in [2.45, 2.75) is 39.2 Å². The van der Waals surface area contributed by atoms with Gasteiger partial charge < -0.3 is 9.73 Å². The molecule has 0 bridgehead atoms. The molecule has 1 atom stereocenters. The number of carbonyl (C=O) groups is 1. The number of hydrogen-bond donors (Lipinski definition) is 1. The van der Waals surface area contributed by atoms with Crippen molar-refractivity contribution in [2.75, 3.05) is 19.6 Å². The van der Waals surface area contributed by atoms with Crippen LogP contribution < -0.4 is 10.7 Å². The van der Waals surface area contributed by atoms with Crippen LogP contribution in [0.1, 0.15) is 52.5 Å². The highest BCUT2D eigenvalue weighted by Crippen LogP contribution is 2.29. The standard InChI is InChI=1S/C25H27ClN2O3/c1-16-12-19-22(29)14-24(31-23(19)13-17(16)2)25(30)27-15-21(28-10-6-3-7-11-28)18-8-4-5-9-20(18)26/h4-5,8-9,12-14,21H,3,6-7,10-11,15H2,1-2H3,(H,27,30)/t21-/m1/s1. The molecule has 2 heterocycles. The summed E-state index contributed by atoms with van der Waals surface area (Å²) in [5.41, 5.74) is 3.24. The number of fused-ring (bicyclic) bond motifs is 1. The molecule has 162 valence electrons. The summed E-state index contributed by atoms with van der Waals surface area (Å²) in [7, 11) is 0. The quantitative estimate of drug-likeness (QED) is 0.607. The van der Waals surface area contributed by atoms with E-state index in [-0.39, 0.29) is 17.2 Å². The molecule has 2 aromatic carbocycles. The van der Waals surface area contributed by atoms with Gasteiger partial charge in [-0.2, -0.15) is 0 Å². The van der Waals surface area contributed by atoms with Crippen molar-refractivity contribution in [2.24, 2.45) is 0 Å². The van der Waals surface area contributed by atoms with Gasteiger partial charge in [0.1, 0.15) is 5.58 Å². The van der Waals surface area contributed by atoms with Crippen LogP contribution in [0.3, 0.4) is 0 Å². The molecule has 1 amide bonds. The number of amides is 1. The number of nitrogens with one attached hydrogen (secondary N) is 1. The topological polar surface area (TPSA) is 62.6 Å². The normalized spacial score (nSPS) is 15.7. The highest BCUT2D eigenvalue weighted by atomic mass is 35.5. The highest BCUT2D eigenvalue weighted by molar-refractivity contribution is 6.31. The predicted molar refractivity (Wildman–Crippen MR) is 124 cm³/mol. The Bertz CT molecular complexity index is 1170. The van der Waals surface area contributed by atoms with Gasteiger partial charge in [-0.3, -0.25) is 14.5 Å². The van der Waals surface area contributed by atoms with Crippen LogP contribution in [0.2, 0.25) is 5.02 Å². The Labute approximate surface area is 187 Å². The van der Waals surface area contributed by atoms with E-state index in [9.17, 15) is 9.59 Å². The molecule has 0 radical (unpaired) electrons. The van der Waals surface area contributed by atoms with Crippen molar-refractivity contribution in [1.29, 1.82) is 0 Å². The Morgan fingerprint density at radius 2 is 1.81 bits per heavy atom. The number of benzene rings is 2. The molecular formula is C25H27ClN2O3. The van der Waals surface area contributed by atoms with E-state index >= 15 is 0 Å². The van der Waals surface area contributed by atoms with Crippen LogP contribution in [0.4, 0.5) is 0 Å². The van der Waals surface area contributed by atoms with Gasteiger partial charge in [-0.15, -0.1) is 0 Å². The summed E-state index contributed by atoms with van der Waals surface area (Å²) in [6, 6.07) is 12.6. The van der Waals surface area contributed by atoms with Gasteiger partial charge in [0.2, 0.25) is 0 Å². The maximum absolute atomic E-state index is 12.9. The largest absolute Gasteiger partial charge is 0.451 e. The molecule has 4 rings (SSSR count). The maximum atomic E-state index is 12.9. The predicted octanol–water partition coefficient (Wildman–Crippen LogP) is 5.02. The molecule has 3 aromatic rings. The summed E-state index contributed by atoms with van der Waals surface area (Å²) >= 11 is 6.48. The van der Waals surface area contributed by atoms with E-state index in [1.54, 1.807) is 0 Å². The molecule has 1 N–H and O–H groups in total. The van der Waals surface area contributed by atoms with Gasteiger partial charge in [0, 0.05) is 17.6 Å². The first-order chi connectivity index (χ1) is 14.9. The molecule has 1 aliphatic rings. The van der Waals surface area contributed by atoms with Crippen molar-refractivity contribution >= 4 is 28.5 Å². The molecule has 1 fully saturated rings. The first-order valence-corrected chi connectivity index (χ1v) is 11.1. The Morgan fingerprint density at radius 3 is 2.55 bits per heavy atom. The molecule has 0 spiro atoms. The van der Waals surface area contributed by atoms with Crippen molar-refractivity contribution in [1.82, 2.24) is 10.2 Å². The summed E-state index contributed by atoms with van der Waals surface area (Å²) < 4.78 is 5.80. The fourth-order valence-electron chi connectivity index (χ4n) is 4.21. The Kier molecular flexibility index (Phi) is 6.44. The summed E-state index contributed by atoms with van der Waals surface area (Å²) in [6.45, 7) is 6.22. The first-order valence-electron chi connectivity index (χ1n) is 10.8. The Balaban J connectivity index is 1.58. The van der Waals surface area contributed by atoms with Crippen LogP contribution in [0.15, 0.2) is 51.7 Å². The summed E-state index contributed by atoms with van der Waals surface area (Å²) in [5.74, 6) is -0.372. The van der Waals surface area contributed by atoms with E-state index in [0.717, 1.165) is 42.6 Å². The van der Waals surface area contributed by atoms with Gasteiger partial charge in [0.05, 0.1) is 11.4 Å². The van der Waals surface area contributed by atoms with Gasteiger partial charge >= 0.3 is 0 Å². The lowest BCUT2D eigenvalue weighted by Crippen LogP contribution is -2.40. The van der Waals surface area contributed by atoms with Crippen LogP contribution in [0.5, 0.6) is 0 Å². The van der Waals surface area contributed by atoms with E-state index in [4.69, 9.17) is 16.0 Å². The maximum Gasteiger partial charge on any atom is 0.287 e. The minimum Gasteiger partial charge on any atom is -0.451 e. The molecule has 1 aliphatic heterocycles. The molecule has 31 heavy (non-hydrogen) atoms. The molecule has 0 saturated carbocycles. The van der Waals surface area contributed by atoms with Gasteiger partial charge in [-0.25, -0.2) is 0 Å². The zero-order valence-electron chi connectivity index (χ0n) is 17.9. The van der Waals surface area contributed by atoms with Gasteiger partial charge in [0.15, 0.2) is 11.2 Å². The Hall–Kier alpha value is -2.63. The first kappa shape index (κ1) is 21.6. The number of halogens is 1. The monoisotopic (exact) mass is 438 g/mol. The number of hydrogen-bond acceptors (Lipinski definition) is 4. The lowest BCUT2D eigenvalue weighted by Gasteiger charge is -2.35. The van der Waals surface area contributed by atoms with E-state index in [1.165, 1.54) is 12.5 Å². The van der Waals surface area contributed by atoms with E-state index in [0.29, 0.717) is 22.5 Å². The minimum atomic E-state index is -0.397. The summed E-state index contributed by atoms with van der Waals surface area (Å²) in [5, 5.41) is 4.15. The second kappa shape index (κ2) is 9.25. The minimum absolute atomic E-state index is 0.0253. The second-order valence-electron chi connectivity index (χ2n) is 8.25. The SMILES string of the molecule is Cc1cc2oc(C(=O)NC[C@H](c3ccccc3Cl)N3CCCCC3)cc(=O)c2cc1C. The molecule has 1 aromatic heterocycles. The molecule has 1 saturated heterocycles. The third-order valence-electron chi connectivity index (χ3n) is 6.12. The number of piperidine rings is 1. The van der Waals surface area contributed by atoms with Crippen molar-refractivity contribution in [3.8, 4) is 0 Å². The zero-order valence-corrected chi connectivity index (χ0v) is 18.7. The van der Waals surface area contributed by atoms with Gasteiger partial charge in [0.25, 0.3) is 5.91 Å². The molecule has 6 heteroatoms. The molecule has 0 unspecified atom stereocenters. The molecular weight excluding hydrogens is 412 g/mol. The van der Waals surface area contributed by atoms with Gasteiger partial charge in [-0.1, -0.05) is 36.2 Å². The lowest BCUT2D eigenvalue weighted by atomic mass is 10.0. The molecule has 0 aliphatic carbocycles. The average molecular weight is 439 g/mol. The highest BCUT2D eigenvalue weighted by Gasteiger charge is 2.25. The second-order valence-corrected chi connectivity index (χ2v) is 8.66. The molecule has 5 nitrogen and oxygen atoms in total. The van der Waals surface area contributed by atoms with Crippen LogP contribution >= 0.6 is 11.6 Å². The Morgan fingerprint density at radius 1 is 1.10 bits per heavy atom. The summed E-state index contributed by atoms with van der Waals surface area (Å²) in [6.07, 6.45) is 3.49. The van der Waals surface area contributed by atoms with Crippen LogP contribution in [-0.2, 0) is 0 Å². The van der Waals surface area contributed by atoms with Crippen molar-refractivity contribution < 1.29 is 9.21 Å². The smallest absolute Gasteiger partial charge is 0.287 e. The van der Waals surface area contributed by atoms with Crippen molar-refractivity contribution in [3.05, 3.63) is 80.2 Å². The van der Waals surface area contributed by atoms with E-state index in [1.807, 2.05) is 50.2 Å². The fraction of sp³-hybridized carbons (Fsp3) is 0.360. The zero-order chi connectivity index (χ0) is 22.0. The van der Waals surface area contributed by atoms with E-state index < -0.39 is 5.91 Å². The van der Waals surface area contributed by atoms with E-state index in [2.05, 4.69) is 10.2 Å². The van der Waals surface area contributed by atoms with Crippen LogP contribution in [-0.4, -0.2) is 30.4 Å². The lowest BCUT2D eigenvalue weighted by molar-refractivity contribution is 0.0897. The fourth-order valence-corrected chi connectivity index (χ4v) is 4.47. The number of rotatable bonds is 5. The number of carbonyl (C=O) groups excluding carboxylic acids is 1.